The lowest BCUT2D eigenvalue weighted by Crippen LogP contribution is -2.35. The Morgan fingerprint density at radius 1 is 1.12 bits per heavy atom. The van der Waals surface area contributed by atoms with E-state index in [1.165, 1.54) is 0 Å². The van der Waals surface area contributed by atoms with Crippen LogP contribution in [0.5, 0.6) is 17.2 Å². The second-order valence-electron chi connectivity index (χ2n) is 7.82. The Balaban J connectivity index is 1.39. The van der Waals surface area contributed by atoms with Crippen LogP contribution in [0.3, 0.4) is 0 Å². The molecule has 168 valence electrons. The number of likely N-dealkylation sites (tertiary alicyclic amines) is 1. The van der Waals surface area contributed by atoms with Gasteiger partial charge in [-0.2, -0.15) is 5.10 Å². The predicted octanol–water partition coefficient (Wildman–Crippen LogP) is 3.70. The smallest absolute Gasteiger partial charge is 0.260 e. The molecule has 1 fully saturated rings. The van der Waals surface area contributed by atoms with E-state index in [1.54, 1.807) is 44.7 Å². The third kappa shape index (κ3) is 4.70. The molecule has 0 saturated carbocycles. The normalized spacial score (nSPS) is 14.8. The molecular formula is C24H28N4O4. The van der Waals surface area contributed by atoms with Crippen LogP contribution in [0.2, 0.25) is 0 Å². The maximum absolute atomic E-state index is 12.8. The molecule has 1 aliphatic rings. The van der Waals surface area contributed by atoms with Gasteiger partial charge in [-0.25, -0.2) is 4.68 Å². The van der Waals surface area contributed by atoms with Gasteiger partial charge in [-0.05, 0) is 43.2 Å². The molecule has 1 amide bonds. The van der Waals surface area contributed by atoms with Crippen LogP contribution in [0.15, 0.2) is 54.7 Å². The molecule has 1 aromatic heterocycles. The fraction of sp³-hybridized carbons (Fsp3) is 0.333. The zero-order valence-corrected chi connectivity index (χ0v) is 18.3. The number of ether oxygens (including phenoxy) is 2. The summed E-state index contributed by atoms with van der Waals surface area (Å²) in [6, 6.07) is 14.4. The molecule has 2 heterocycles. The summed E-state index contributed by atoms with van der Waals surface area (Å²) >= 11 is 0. The van der Waals surface area contributed by atoms with E-state index in [1.807, 2.05) is 28.9 Å². The number of methoxy groups -OCH3 is 2. The average molecular weight is 437 g/mol. The molecule has 2 aromatic carbocycles. The number of phenolic OH excluding ortho intramolecular Hbond substituents is 1. The second kappa shape index (κ2) is 9.74. The molecule has 1 saturated heterocycles. The first kappa shape index (κ1) is 21.7. The van der Waals surface area contributed by atoms with Gasteiger partial charge in [0.2, 0.25) is 0 Å². The fourth-order valence-corrected chi connectivity index (χ4v) is 4.10. The van der Waals surface area contributed by atoms with E-state index < -0.39 is 0 Å². The molecule has 3 aromatic rings. The van der Waals surface area contributed by atoms with E-state index in [2.05, 4.69) is 15.3 Å². The number of rotatable bonds is 7. The highest BCUT2D eigenvalue weighted by molar-refractivity contribution is 6.05. The molecule has 0 aliphatic carbocycles. The van der Waals surface area contributed by atoms with Gasteiger partial charge in [0.1, 0.15) is 23.1 Å². The molecule has 4 rings (SSSR count). The lowest BCUT2D eigenvalue weighted by molar-refractivity contribution is 0.102. The molecule has 8 heteroatoms. The predicted molar refractivity (Wildman–Crippen MR) is 121 cm³/mol. The van der Waals surface area contributed by atoms with E-state index in [-0.39, 0.29) is 17.7 Å². The number of nitrogens with one attached hydrogen (secondary N) is 1. The van der Waals surface area contributed by atoms with Crippen LogP contribution in [-0.2, 0) is 6.54 Å². The van der Waals surface area contributed by atoms with Crippen molar-refractivity contribution in [3.05, 3.63) is 65.9 Å². The van der Waals surface area contributed by atoms with Crippen LogP contribution < -0.4 is 14.8 Å². The van der Waals surface area contributed by atoms with Crippen molar-refractivity contribution in [2.75, 3.05) is 32.6 Å². The number of benzene rings is 2. The van der Waals surface area contributed by atoms with Gasteiger partial charge < -0.3 is 19.9 Å². The molecule has 32 heavy (non-hydrogen) atoms. The first-order chi connectivity index (χ1) is 15.6. The summed E-state index contributed by atoms with van der Waals surface area (Å²) in [6.07, 6.45) is 3.49. The zero-order valence-electron chi connectivity index (χ0n) is 18.3. The topological polar surface area (TPSA) is 88.9 Å². The minimum absolute atomic E-state index is 0.188. The first-order valence-corrected chi connectivity index (χ1v) is 10.6. The largest absolute Gasteiger partial charge is 0.508 e. The van der Waals surface area contributed by atoms with Gasteiger partial charge in [-0.3, -0.25) is 9.69 Å². The highest BCUT2D eigenvalue weighted by Gasteiger charge is 2.24. The number of aromatic nitrogens is 2. The highest BCUT2D eigenvalue weighted by Crippen LogP contribution is 2.29. The minimum Gasteiger partial charge on any atom is -0.508 e. The van der Waals surface area contributed by atoms with Gasteiger partial charge >= 0.3 is 0 Å². The summed E-state index contributed by atoms with van der Waals surface area (Å²) < 4.78 is 12.5. The van der Waals surface area contributed by atoms with Crippen LogP contribution in [0.1, 0.15) is 34.8 Å². The lowest BCUT2D eigenvalue weighted by atomic mass is 10.0. The Labute approximate surface area is 187 Å². The number of anilines is 1. The summed E-state index contributed by atoms with van der Waals surface area (Å²) in [7, 11) is 3.17. The van der Waals surface area contributed by atoms with Gasteiger partial charge in [-0.15, -0.1) is 0 Å². The monoisotopic (exact) mass is 436 g/mol. The molecule has 0 atom stereocenters. The van der Waals surface area contributed by atoms with E-state index in [4.69, 9.17) is 9.47 Å². The maximum Gasteiger partial charge on any atom is 0.260 e. The number of hydrogen-bond acceptors (Lipinski definition) is 6. The van der Waals surface area contributed by atoms with E-state index in [0.29, 0.717) is 23.7 Å². The van der Waals surface area contributed by atoms with Crippen molar-refractivity contribution in [1.29, 1.82) is 0 Å². The van der Waals surface area contributed by atoms with E-state index >= 15 is 0 Å². The van der Waals surface area contributed by atoms with Gasteiger partial charge in [0, 0.05) is 31.3 Å². The standard InChI is InChI=1S/C24H28N4O4/c1-31-19-7-8-21(29)17(15-19)16-27-13-10-18(11-14-27)28-23(9-12-25-28)26-24(30)20-5-3-4-6-22(20)32-2/h3-9,12,15,18,29H,10-11,13-14,16H2,1-2H3,(H,26,30). The lowest BCUT2D eigenvalue weighted by Gasteiger charge is -2.32. The number of para-hydroxylation sites is 1. The van der Waals surface area contributed by atoms with Gasteiger partial charge in [0.05, 0.1) is 32.0 Å². The van der Waals surface area contributed by atoms with Crippen LogP contribution in [0.25, 0.3) is 0 Å². The third-order valence-electron chi connectivity index (χ3n) is 5.85. The van der Waals surface area contributed by atoms with Crippen LogP contribution in [-0.4, -0.2) is 53.0 Å². The van der Waals surface area contributed by atoms with Gasteiger partial charge in [-0.1, -0.05) is 12.1 Å². The number of amides is 1. The van der Waals surface area contributed by atoms with Crippen molar-refractivity contribution in [2.45, 2.75) is 25.4 Å². The maximum atomic E-state index is 12.8. The van der Waals surface area contributed by atoms with E-state index in [0.717, 1.165) is 37.2 Å². The minimum atomic E-state index is -0.227. The van der Waals surface area contributed by atoms with Crippen molar-refractivity contribution in [3.63, 3.8) is 0 Å². The number of nitrogens with zero attached hydrogens (tertiary/aromatic N) is 3. The first-order valence-electron chi connectivity index (χ1n) is 10.6. The van der Waals surface area contributed by atoms with Gasteiger partial charge in [0.25, 0.3) is 5.91 Å². The van der Waals surface area contributed by atoms with Crippen molar-refractivity contribution in [2.24, 2.45) is 0 Å². The Hall–Kier alpha value is -3.52. The summed E-state index contributed by atoms with van der Waals surface area (Å²) in [5, 5.41) is 17.6. The summed E-state index contributed by atoms with van der Waals surface area (Å²) in [4.78, 5) is 15.1. The van der Waals surface area contributed by atoms with E-state index in [9.17, 15) is 9.90 Å². The van der Waals surface area contributed by atoms with Gasteiger partial charge in [0.15, 0.2) is 0 Å². The molecule has 0 radical (unpaired) electrons. The summed E-state index contributed by atoms with van der Waals surface area (Å²) in [6.45, 7) is 2.38. The molecule has 8 nitrogen and oxygen atoms in total. The number of phenols is 1. The molecule has 0 bridgehead atoms. The Kier molecular flexibility index (Phi) is 6.61. The summed E-state index contributed by atoms with van der Waals surface area (Å²) in [5.74, 6) is 1.99. The number of hydrogen-bond donors (Lipinski definition) is 2. The Bertz CT molecular complexity index is 1070. The molecule has 1 aliphatic heterocycles. The molecule has 2 N–H and O–H groups in total. The summed E-state index contributed by atoms with van der Waals surface area (Å²) in [5.41, 5.74) is 1.34. The van der Waals surface area contributed by atoms with Crippen LogP contribution in [0, 0.1) is 0 Å². The third-order valence-corrected chi connectivity index (χ3v) is 5.85. The second-order valence-corrected chi connectivity index (χ2v) is 7.82. The number of carbonyl (C=O) groups is 1. The zero-order chi connectivity index (χ0) is 22.5. The van der Waals surface area contributed by atoms with Crippen molar-refractivity contribution in [1.82, 2.24) is 14.7 Å². The van der Waals surface area contributed by atoms with Crippen LogP contribution in [0.4, 0.5) is 5.82 Å². The van der Waals surface area contributed by atoms with Crippen molar-refractivity contribution in [3.8, 4) is 17.2 Å². The average Bonchev–Trinajstić information content (AvgIpc) is 3.29. The Morgan fingerprint density at radius 2 is 1.91 bits per heavy atom. The quantitative estimate of drug-likeness (QED) is 0.587. The van der Waals surface area contributed by atoms with Crippen LogP contribution >= 0.6 is 0 Å². The fourth-order valence-electron chi connectivity index (χ4n) is 4.10. The van der Waals surface area contributed by atoms with Crippen molar-refractivity contribution >= 4 is 11.7 Å². The molecule has 0 spiro atoms. The number of aromatic hydroxyl groups is 1. The van der Waals surface area contributed by atoms with Crippen molar-refractivity contribution < 1.29 is 19.4 Å². The highest BCUT2D eigenvalue weighted by atomic mass is 16.5. The molecule has 0 unspecified atom stereocenters. The molecular weight excluding hydrogens is 408 g/mol. The SMILES string of the molecule is COc1ccc(O)c(CN2CCC(n3nccc3NC(=O)c3ccccc3OC)CC2)c1. The number of piperidine rings is 1. The Morgan fingerprint density at radius 3 is 2.66 bits per heavy atom. The number of carbonyl (C=O) groups excluding carboxylic acids is 1.